The van der Waals surface area contributed by atoms with Gasteiger partial charge in [0.2, 0.25) is 6.79 Å². The Morgan fingerprint density at radius 3 is 2.09 bits per heavy atom. The number of phosphoric ester groups is 1. The molecule has 2 amide bonds. The third-order valence-electron chi connectivity index (χ3n) is 6.62. The Morgan fingerprint density at radius 1 is 0.891 bits per heavy atom. The Hall–Kier alpha value is -3.64. The highest BCUT2D eigenvalue weighted by atomic mass is 31.2. The summed E-state index contributed by atoms with van der Waals surface area (Å²) in [6.45, 7) is 14.2. The van der Waals surface area contributed by atoms with E-state index >= 15 is 0 Å². The van der Waals surface area contributed by atoms with E-state index in [-0.39, 0.29) is 12.3 Å². The Kier molecular flexibility index (Phi) is 15.5. The molecular weight excluding hydrogens is 617 g/mol. The van der Waals surface area contributed by atoms with E-state index in [2.05, 4.69) is 47.8 Å². The molecule has 2 aromatic carbocycles. The first-order valence-electron chi connectivity index (χ1n) is 15.3. The van der Waals surface area contributed by atoms with Gasteiger partial charge in [0.25, 0.3) is 0 Å². The lowest BCUT2D eigenvalue weighted by molar-refractivity contribution is -0.154. The van der Waals surface area contributed by atoms with Crippen LogP contribution < -0.4 is 15.5 Å². The molecule has 2 atom stereocenters. The Bertz CT molecular complexity index is 1320. The number of hydrogen-bond donors (Lipinski definition) is 4. The average molecular weight is 666 g/mol. The number of anilines is 3. The molecule has 14 heteroatoms. The zero-order valence-corrected chi connectivity index (χ0v) is 28.5. The first-order chi connectivity index (χ1) is 21.6. The maximum absolute atomic E-state index is 13.1. The summed E-state index contributed by atoms with van der Waals surface area (Å²) in [6, 6.07) is 12.9. The summed E-state index contributed by atoms with van der Waals surface area (Å²) in [5.74, 6) is -0.123. The molecule has 13 nitrogen and oxygen atoms in total. The summed E-state index contributed by atoms with van der Waals surface area (Å²) in [5, 5.41) is 5.90. The fraction of sp³-hybridized carbons (Fsp3) is 0.531. The lowest BCUT2D eigenvalue weighted by atomic mass is 9.92. The van der Waals surface area contributed by atoms with Crippen molar-refractivity contribution in [3.05, 3.63) is 53.6 Å². The predicted molar refractivity (Wildman–Crippen MR) is 176 cm³/mol. The van der Waals surface area contributed by atoms with E-state index < -0.39 is 45.5 Å². The number of phosphoric acid groups is 1. The number of nitrogens with one attached hydrogen (secondary N) is 2. The minimum absolute atomic E-state index is 0.0158. The van der Waals surface area contributed by atoms with Crippen molar-refractivity contribution in [3.63, 3.8) is 0 Å². The standard InChI is InChI=1S/C32H48N3O10P/c1-8-25(16-30(36)43-20-44-32(38)42-19-24(7)45-46(39,40)41)26-11-14-29(35(17-21(2)3)18-22(4)5)28(15-26)34-31(37)33-27-12-9-23(6)10-13-27/h9-15,21-22,24-25H,8,16-20H2,1-7H3,(H2,33,34,37)(H2,39,40,41). The number of esters is 1. The molecule has 0 aromatic heterocycles. The van der Waals surface area contributed by atoms with Crippen LogP contribution in [-0.2, 0) is 28.1 Å². The molecule has 0 heterocycles. The minimum atomic E-state index is -4.73. The molecular formula is C32H48N3O10P. The molecule has 0 saturated heterocycles. The third-order valence-corrected chi connectivity index (χ3v) is 7.25. The highest BCUT2D eigenvalue weighted by molar-refractivity contribution is 7.46. The molecule has 0 radical (unpaired) electrons. The lowest BCUT2D eigenvalue weighted by Gasteiger charge is -2.31. The van der Waals surface area contributed by atoms with E-state index in [9.17, 15) is 18.9 Å². The molecule has 0 fully saturated rings. The largest absolute Gasteiger partial charge is 0.511 e. The molecule has 4 N–H and O–H groups in total. The van der Waals surface area contributed by atoms with Gasteiger partial charge in [-0.2, -0.15) is 0 Å². The normalized spacial score (nSPS) is 12.8. The molecule has 0 bridgehead atoms. The van der Waals surface area contributed by atoms with Gasteiger partial charge in [0.05, 0.1) is 17.8 Å². The molecule has 2 rings (SSSR count). The van der Waals surface area contributed by atoms with Gasteiger partial charge in [-0.15, -0.1) is 0 Å². The van der Waals surface area contributed by atoms with Gasteiger partial charge >= 0.3 is 26.0 Å². The highest BCUT2D eigenvalue weighted by Crippen LogP contribution is 2.37. The second-order valence-electron chi connectivity index (χ2n) is 12.0. The Labute approximate surface area is 271 Å². The Morgan fingerprint density at radius 2 is 1.52 bits per heavy atom. The molecule has 256 valence electrons. The van der Waals surface area contributed by atoms with Crippen LogP contribution in [0.3, 0.4) is 0 Å². The van der Waals surface area contributed by atoms with E-state index in [1.807, 2.05) is 56.3 Å². The number of nitrogens with zero attached hydrogens (tertiary/aromatic N) is 1. The summed E-state index contributed by atoms with van der Waals surface area (Å²) in [5.41, 5.74) is 4.04. The minimum Gasteiger partial charge on any atom is -0.431 e. The van der Waals surface area contributed by atoms with Crippen molar-refractivity contribution < 1.29 is 47.5 Å². The number of carbonyl (C=O) groups is 3. The van der Waals surface area contributed by atoms with Crippen molar-refractivity contribution in [1.29, 1.82) is 0 Å². The zero-order chi connectivity index (χ0) is 34.4. The lowest BCUT2D eigenvalue weighted by Crippen LogP contribution is -2.32. The molecule has 0 spiro atoms. The zero-order valence-electron chi connectivity index (χ0n) is 27.6. The molecule has 46 heavy (non-hydrogen) atoms. The van der Waals surface area contributed by atoms with Crippen molar-refractivity contribution in [1.82, 2.24) is 0 Å². The van der Waals surface area contributed by atoms with E-state index in [0.717, 1.165) is 29.9 Å². The van der Waals surface area contributed by atoms with Gasteiger partial charge < -0.3 is 39.5 Å². The number of urea groups is 1. The van der Waals surface area contributed by atoms with E-state index in [1.165, 1.54) is 6.92 Å². The van der Waals surface area contributed by atoms with Crippen LogP contribution in [0.25, 0.3) is 0 Å². The van der Waals surface area contributed by atoms with Crippen LogP contribution in [-0.4, -0.2) is 60.5 Å². The summed E-state index contributed by atoms with van der Waals surface area (Å²) in [4.78, 5) is 57.3. The monoisotopic (exact) mass is 665 g/mol. The number of carbonyl (C=O) groups excluding carboxylic acids is 3. The van der Waals surface area contributed by atoms with Gasteiger partial charge in [0.15, 0.2) is 0 Å². The maximum Gasteiger partial charge on any atom is 0.511 e. The van der Waals surface area contributed by atoms with E-state index in [1.54, 1.807) is 0 Å². The molecule has 0 aliphatic carbocycles. The SMILES string of the molecule is CCC(CC(=O)OCOC(=O)OCC(C)OP(=O)(O)O)c1ccc(N(CC(C)C)CC(C)C)c(NC(=O)Nc2ccc(C)cc2)c1. The van der Waals surface area contributed by atoms with Crippen LogP contribution in [0.15, 0.2) is 42.5 Å². The van der Waals surface area contributed by atoms with Crippen LogP contribution in [0.5, 0.6) is 0 Å². The second kappa shape index (κ2) is 18.5. The van der Waals surface area contributed by atoms with Crippen LogP contribution in [0.2, 0.25) is 0 Å². The Balaban J connectivity index is 2.14. The first kappa shape index (κ1) is 38.5. The van der Waals surface area contributed by atoms with Crippen molar-refractivity contribution in [3.8, 4) is 0 Å². The van der Waals surface area contributed by atoms with Gasteiger partial charge in [-0.3, -0.25) is 9.32 Å². The molecule has 2 unspecified atom stereocenters. The van der Waals surface area contributed by atoms with Gasteiger partial charge in [0, 0.05) is 18.8 Å². The van der Waals surface area contributed by atoms with Crippen molar-refractivity contribution in [2.45, 2.75) is 73.3 Å². The number of hydrogen-bond acceptors (Lipinski definition) is 9. The number of benzene rings is 2. The smallest absolute Gasteiger partial charge is 0.431 e. The summed E-state index contributed by atoms with van der Waals surface area (Å²) >= 11 is 0. The van der Waals surface area contributed by atoms with Crippen LogP contribution >= 0.6 is 7.82 Å². The summed E-state index contributed by atoms with van der Waals surface area (Å²) < 4.78 is 29.7. The van der Waals surface area contributed by atoms with Crippen molar-refractivity contribution in [2.24, 2.45) is 11.8 Å². The maximum atomic E-state index is 13.1. The van der Waals surface area contributed by atoms with Crippen molar-refractivity contribution in [2.75, 3.05) is 42.0 Å². The number of aryl methyl sites for hydroxylation is 1. The van der Waals surface area contributed by atoms with Crippen LogP contribution in [0.1, 0.15) is 71.4 Å². The molecule has 0 aliphatic heterocycles. The first-order valence-corrected chi connectivity index (χ1v) is 16.8. The molecule has 0 saturated carbocycles. The average Bonchev–Trinajstić information content (AvgIpc) is 2.94. The topological polar surface area (TPSA) is 173 Å². The summed E-state index contributed by atoms with van der Waals surface area (Å²) in [6.07, 6.45) is -1.70. The van der Waals surface area contributed by atoms with Gasteiger partial charge in [-0.1, -0.05) is 58.4 Å². The fourth-order valence-corrected chi connectivity index (χ4v) is 5.18. The summed E-state index contributed by atoms with van der Waals surface area (Å²) in [7, 11) is -4.73. The quantitative estimate of drug-likeness (QED) is 0.0796. The molecule has 2 aromatic rings. The van der Waals surface area contributed by atoms with Gasteiger partial charge in [-0.25, -0.2) is 14.2 Å². The predicted octanol–water partition coefficient (Wildman–Crippen LogP) is 6.79. The number of rotatable bonds is 17. The van der Waals surface area contributed by atoms with Gasteiger partial charge in [0.1, 0.15) is 12.7 Å². The highest BCUT2D eigenvalue weighted by Gasteiger charge is 2.22. The van der Waals surface area contributed by atoms with Gasteiger partial charge in [-0.05, 0) is 67.9 Å². The van der Waals surface area contributed by atoms with E-state index in [4.69, 9.17) is 24.0 Å². The molecule has 0 aliphatic rings. The van der Waals surface area contributed by atoms with Crippen LogP contribution in [0.4, 0.5) is 26.7 Å². The van der Waals surface area contributed by atoms with Crippen LogP contribution in [0, 0.1) is 18.8 Å². The third kappa shape index (κ3) is 14.6. The number of ether oxygens (including phenoxy) is 3. The van der Waals surface area contributed by atoms with Crippen molar-refractivity contribution >= 4 is 43.0 Å². The fourth-order valence-electron chi connectivity index (χ4n) is 4.65. The number of amides is 2. The van der Waals surface area contributed by atoms with E-state index in [0.29, 0.717) is 29.6 Å². The second-order valence-corrected chi connectivity index (χ2v) is 13.2.